The first-order chi connectivity index (χ1) is 10.2. The van der Waals surface area contributed by atoms with E-state index in [2.05, 4.69) is 16.9 Å². The van der Waals surface area contributed by atoms with Crippen LogP contribution >= 0.6 is 11.3 Å². The fraction of sp³-hybridized carbons (Fsp3) is 0.200. The summed E-state index contributed by atoms with van der Waals surface area (Å²) in [5.74, 6) is 1.31. The fourth-order valence-electron chi connectivity index (χ4n) is 1.99. The molecule has 0 spiro atoms. The molecular formula is C15H15N3O2S. The van der Waals surface area contributed by atoms with E-state index in [1.807, 2.05) is 18.2 Å². The number of aliphatic hydroxyl groups is 1. The molecule has 0 saturated carbocycles. The van der Waals surface area contributed by atoms with Gasteiger partial charge in [0.2, 0.25) is 11.8 Å². The molecule has 0 saturated heterocycles. The first-order valence-electron chi connectivity index (χ1n) is 6.63. The lowest BCUT2D eigenvalue weighted by Gasteiger charge is -2.06. The van der Waals surface area contributed by atoms with Crippen molar-refractivity contribution < 1.29 is 9.84 Å². The molecule has 0 amide bonds. The fourth-order valence-corrected chi connectivity index (χ4v) is 2.95. The number of ether oxygens (including phenoxy) is 1. The highest BCUT2D eigenvalue weighted by molar-refractivity contribution is 7.18. The van der Waals surface area contributed by atoms with Gasteiger partial charge in [0.25, 0.3) is 0 Å². The molecule has 1 aromatic carbocycles. The molecule has 21 heavy (non-hydrogen) atoms. The Kier molecular flexibility index (Phi) is 3.72. The third kappa shape index (κ3) is 2.81. The SMILES string of the molecule is CCc1cc2c(Oc3ccc(CO)cc3)nc(N)nc2s1. The standard InChI is InChI=1S/C15H15N3O2S/c1-2-11-7-12-13(17-15(16)18-14(12)21-11)20-10-5-3-9(8-19)4-6-10/h3-7,19H,2,8H2,1H3,(H2,16,17,18). The molecule has 0 atom stereocenters. The number of nitrogens with zero attached hydrogens (tertiary/aromatic N) is 2. The van der Waals surface area contributed by atoms with E-state index in [9.17, 15) is 0 Å². The molecule has 3 rings (SSSR count). The molecule has 0 aliphatic heterocycles. The van der Waals surface area contributed by atoms with E-state index in [1.165, 1.54) is 4.88 Å². The lowest BCUT2D eigenvalue weighted by Crippen LogP contribution is -1.97. The van der Waals surface area contributed by atoms with Crippen molar-refractivity contribution in [3.8, 4) is 11.6 Å². The van der Waals surface area contributed by atoms with Gasteiger partial charge in [-0.2, -0.15) is 4.98 Å². The van der Waals surface area contributed by atoms with Gasteiger partial charge in [-0.25, -0.2) is 4.98 Å². The van der Waals surface area contributed by atoms with Crippen molar-refractivity contribution in [2.75, 3.05) is 5.73 Å². The van der Waals surface area contributed by atoms with Crippen LogP contribution in [-0.4, -0.2) is 15.1 Å². The van der Waals surface area contributed by atoms with Crippen LogP contribution in [0, 0.1) is 0 Å². The molecular weight excluding hydrogens is 286 g/mol. The summed E-state index contributed by atoms with van der Waals surface area (Å²) in [6.07, 6.45) is 0.936. The molecule has 0 unspecified atom stereocenters. The van der Waals surface area contributed by atoms with E-state index < -0.39 is 0 Å². The summed E-state index contributed by atoms with van der Waals surface area (Å²) >= 11 is 1.60. The average Bonchev–Trinajstić information content (AvgIpc) is 2.91. The normalized spacial score (nSPS) is 11.0. The third-order valence-electron chi connectivity index (χ3n) is 3.10. The Morgan fingerprint density at radius 2 is 2.00 bits per heavy atom. The Labute approximate surface area is 126 Å². The molecule has 5 nitrogen and oxygen atoms in total. The number of aryl methyl sites for hydroxylation is 1. The summed E-state index contributed by atoms with van der Waals surface area (Å²) in [6, 6.07) is 9.24. The zero-order chi connectivity index (χ0) is 14.8. The van der Waals surface area contributed by atoms with Crippen LogP contribution in [0.25, 0.3) is 10.2 Å². The zero-order valence-corrected chi connectivity index (χ0v) is 12.4. The topological polar surface area (TPSA) is 81.3 Å². The number of fused-ring (bicyclic) bond motifs is 1. The molecule has 2 aromatic heterocycles. The Morgan fingerprint density at radius 1 is 1.24 bits per heavy atom. The molecule has 108 valence electrons. The van der Waals surface area contributed by atoms with Crippen LogP contribution in [0.5, 0.6) is 11.6 Å². The number of nitrogens with two attached hydrogens (primary N) is 1. The first kappa shape index (κ1) is 13.8. The van der Waals surface area contributed by atoms with Crippen molar-refractivity contribution in [1.82, 2.24) is 9.97 Å². The van der Waals surface area contributed by atoms with E-state index >= 15 is 0 Å². The van der Waals surface area contributed by atoms with E-state index in [1.54, 1.807) is 23.5 Å². The number of hydrogen-bond donors (Lipinski definition) is 2. The summed E-state index contributed by atoms with van der Waals surface area (Å²) in [6.45, 7) is 2.10. The second-order valence-corrected chi connectivity index (χ2v) is 5.69. The maximum absolute atomic E-state index is 9.05. The Morgan fingerprint density at radius 3 is 2.67 bits per heavy atom. The minimum Gasteiger partial charge on any atom is -0.438 e. The lowest BCUT2D eigenvalue weighted by atomic mass is 10.2. The van der Waals surface area contributed by atoms with Crippen LogP contribution < -0.4 is 10.5 Å². The van der Waals surface area contributed by atoms with Gasteiger partial charge in [0.1, 0.15) is 10.6 Å². The number of benzene rings is 1. The van der Waals surface area contributed by atoms with Crippen molar-refractivity contribution in [2.45, 2.75) is 20.0 Å². The maximum Gasteiger partial charge on any atom is 0.232 e. The maximum atomic E-state index is 9.05. The van der Waals surface area contributed by atoms with Crippen molar-refractivity contribution in [1.29, 1.82) is 0 Å². The molecule has 3 aromatic rings. The van der Waals surface area contributed by atoms with E-state index in [-0.39, 0.29) is 12.6 Å². The number of thiophene rings is 1. The Hall–Kier alpha value is -2.18. The number of nitrogen functional groups attached to an aromatic ring is 1. The van der Waals surface area contributed by atoms with Gasteiger partial charge >= 0.3 is 0 Å². The summed E-state index contributed by atoms with van der Waals surface area (Å²) in [7, 11) is 0. The van der Waals surface area contributed by atoms with Crippen LogP contribution in [0.15, 0.2) is 30.3 Å². The Balaban J connectivity index is 2.00. The van der Waals surface area contributed by atoms with Crippen molar-refractivity contribution in [2.24, 2.45) is 0 Å². The predicted octanol–water partition coefficient (Wildman–Crippen LogP) is 3.12. The van der Waals surface area contributed by atoms with Gasteiger partial charge in [0.05, 0.1) is 12.0 Å². The smallest absolute Gasteiger partial charge is 0.232 e. The molecule has 0 aliphatic rings. The van der Waals surface area contributed by atoms with Gasteiger partial charge < -0.3 is 15.6 Å². The van der Waals surface area contributed by atoms with E-state index in [4.69, 9.17) is 15.6 Å². The van der Waals surface area contributed by atoms with Crippen molar-refractivity contribution >= 4 is 27.5 Å². The summed E-state index contributed by atoms with van der Waals surface area (Å²) in [5.41, 5.74) is 6.58. The number of aliphatic hydroxyl groups excluding tert-OH is 1. The van der Waals surface area contributed by atoms with Crippen molar-refractivity contribution in [3.05, 3.63) is 40.8 Å². The number of rotatable bonds is 4. The quantitative estimate of drug-likeness (QED) is 0.773. The van der Waals surface area contributed by atoms with Crippen LogP contribution in [-0.2, 0) is 13.0 Å². The number of aromatic nitrogens is 2. The predicted molar refractivity (Wildman–Crippen MR) is 83.6 cm³/mol. The van der Waals surface area contributed by atoms with Gasteiger partial charge in [0.15, 0.2) is 0 Å². The molecule has 3 N–H and O–H groups in total. The Bertz CT molecular complexity index is 768. The second-order valence-electron chi connectivity index (χ2n) is 4.58. The molecule has 2 heterocycles. The average molecular weight is 301 g/mol. The first-order valence-corrected chi connectivity index (χ1v) is 7.45. The van der Waals surface area contributed by atoms with Gasteiger partial charge in [-0.1, -0.05) is 19.1 Å². The number of anilines is 1. The van der Waals surface area contributed by atoms with Crippen LogP contribution in [0.3, 0.4) is 0 Å². The van der Waals surface area contributed by atoms with Gasteiger partial charge in [-0.3, -0.25) is 0 Å². The zero-order valence-electron chi connectivity index (χ0n) is 11.5. The highest BCUT2D eigenvalue weighted by atomic mass is 32.1. The minimum atomic E-state index is 0.00930. The second kappa shape index (κ2) is 5.67. The summed E-state index contributed by atoms with van der Waals surface area (Å²) < 4.78 is 5.82. The van der Waals surface area contributed by atoms with Gasteiger partial charge in [0, 0.05) is 4.88 Å². The largest absolute Gasteiger partial charge is 0.438 e. The highest BCUT2D eigenvalue weighted by Crippen LogP contribution is 2.33. The molecule has 0 fully saturated rings. The summed E-state index contributed by atoms with van der Waals surface area (Å²) in [5, 5.41) is 9.92. The highest BCUT2D eigenvalue weighted by Gasteiger charge is 2.12. The minimum absolute atomic E-state index is 0.00930. The van der Waals surface area contributed by atoms with Crippen LogP contribution in [0.4, 0.5) is 5.95 Å². The molecule has 0 bridgehead atoms. The molecule has 0 radical (unpaired) electrons. The van der Waals surface area contributed by atoms with Gasteiger partial charge in [-0.05, 0) is 30.2 Å². The van der Waals surface area contributed by atoms with Crippen LogP contribution in [0.2, 0.25) is 0 Å². The van der Waals surface area contributed by atoms with Crippen LogP contribution in [0.1, 0.15) is 17.4 Å². The van der Waals surface area contributed by atoms with E-state index in [0.29, 0.717) is 11.6 Å². The lowest BCUT2D eigenvalue weighted by molar-refractivity contribution is 0.281. The monoisotopic (exact) mass is 301 g/mol. The van der Waals surface area contributed by atoms with E-state index in [0.717, 1.165) is 22.2 Å². The number of hydrogen-bond acceptors (Lipinski definition) is 6. The van der Waals surface area contributed by atoms with Gasteiger partial charge in [-0.15, -0.1) is 11.3 Å². The molecule has 6 heteroatoms. The summed E-state index contributed by atoms with van der Waals surface area (Å²) in [4.78, 5) is 10.5. The third-order valence-corrected chi connectivity index (χ3v) is 4.27. The van der Waals surface area contributed by atoms with Crippen molar-refractivity contribution in [3.63, 3.8) is 0 Å². The molecule has 0 aliphatic carbocycles.